The molecule has 0 aliphatic heterocycles. The predicted molar refractivity (Wildman–Crippen MR) is 36.0 cm³/mol. The summed E-state index contributed by atoms with van der Waals surface area (Å²) in [6.45, 7) is 4.01. The number of hydrogen-bond donors (Lipinski definition) is 2. The smallest absolute Gasteiger partial charge is 0.547 e. The van der Waals surface area contributed by atoms with Crippen molar-refractivity contribution in [1.29, 1.82) is 0 Å². The Labute approximate surface area is 82.3 Å². The van der Waals surface area contributed by atoms with Crippen molar-refractivity contribution in [3.8, 4) is 0 Å². The zero-order valence-corrected chi connectivity index (χ0v) is 8.12. The monoisotopic (exact) mass is 255 g/mol. The van der Waals surface area contributed by atoms with E-state index < -0.39 is 12.1 Å². The Balaban J connectivity index is -0.000000114. The molecule has 0 heterocycles. The van der Waals surface area contributed by atoms with Gasteiger partial charge in [-0.25, -0.2) is 0 Å². The van der Waals surface area contributed by atoms with Crippen LogP contribution in [0.15, 0.2) is 0 Å². The molecule has 3 N–H and O–H groups in total. The quantitative estimate of drug-likeness (QED) is 0.587. The van der Waals surface area contributed by atoms with Gasteiger partial charge in [0, 0.05) is 0 Å². The van der Waals surface area contributed by atoms with E-state index in [1.807, 2.05) is 0 Å². The van der Waals surface area contributed by atoms with Crippen LogP contribution in [0.4, 0.5) is 0 Å². The second kappa shape index (κ2) is 12.8. The Hall–Kier alpha value is 0.130. The molecule has 0 rings (SSSR count). The van der Waals surface area contributed by atoms with Crippen LogP contribution in [-0.2, 0) is 27.2 Å². The number of carbonyl (C=O) groups excluding carboxylic acids is 1. The Kier molecular flexibility index (Phi) is 20.1. The first-order valence-corrected chi connectivity index (χ1v) is 3.15. The molecular weight excluding hydrogens is 242 g/mol. The van der Waals surface area contributed by atoms with E-state index in [0.717, 1.165) is 19.9 Å². The van der Waals surface area contributed by atoms with E-state index in [9.17, 15) is 9.90 Å². The normalized spacial score (nSPS) is 10.2. The van der Waals surface area contributed by atoms with Gasteiger partial charge in [-0.1, -0.05) is 6.92 Å². The summed E-state index contributed by atoms with van der Waals surface area (Å²) >= 11 is 0. The number of carboxylic acid groups (broad SMARTS) is 1. The predicted octanol–water partition coefficient (Wildman–Crippen LogP) is -1.53. The van der Waals surface area contributed by atoms with E-state index in [0.29, 0.717) is 0 Å². The van der Waals surface area contributed by atoms with Crippen LogP contribution in [0.25, 0.3) is 0 Å². The molecule has 4 nitrogen and oxygen atoms in total. The van der Waals surface area contributed by atoms with Gasteiger partial charge in [-0.2, -0.15) is 0 Å². The van der Waals surface area contributed by atoms with Gasteiger partial charge in [-0.3, -0.25) is 0 Å². The summed E-state index contributed by atoms with van der Waals surface area (Å²) in [6, 6.07) is 0. The molecule has 5 heteroatoms. The molecule has 0 spiro atoms. The Morgan fingerprint density at radius 2 is 1.91 bits per heavy atom. The van der Waals surface area contributed by atoms with Crippen molar-refractivity contribution in [2.45, 2.75) is 26.4 Å². The van der Waals surface area contributed by atoms with E-state index in [4.69, 9.17) is 10.8 Å². The standard InChI is InChI=1S/C3H9N.C3H6O3.Ag/c1-2-3-4;1-2(4)3(5)6;/h2-4H2,1H3;2,4H,1H3,(H,5,6);/q;;+1/p-1. The maximum atomic E-state index is 9.34. The molecule has 0 bridgehead atoms. The summed E-state index contributed by atoms with van der Waals surface area (Å²) in [6.07, 6.45) is -0.245. The van der Waals surface area contributed by atoms with Crippen molar-refractivity contribution in [3.63, 3.8) is 0 Å². The fourth-order valence-corrected chi connectivity index (χ4v) is 0. The molecule has 11 heavy (non-hydrogen) atoms. The number of rotatable bonds is 2. The number of aliphatic carboxylic acids is 1. The molecule has 0 aromatic carbocycles. The molecule has 0 aromatic heterocycles. The number of carbonyl (C=O) groups is 1. The first-order valence-electron chi connectivity index (χ1n) is 3.15. The van der Waals surface area contributed by atoms with E-state index >= 15 is 0 Å². The van der Waals surface area contributed by atoms with E-state index in [2.05, 4.69) is 6.92 Å². The van der Waals surface area contributed by atoms with Crippen LogP contribution in [0.3, 0.4) is 0 Å². The van der Waals surface area contributed by atoms with Crippen LogP contribution in [-0.4, -0.2) is 23.7 Å². The maximum Gasteiger partial charge on any atom is 1.00 e. The van der Waals surface area contributed by atoms with Gasteiger partial charge in [0.1, 0.15) is 0 Å². The van der Waals surface area contributed by atoms with Gasteiger partial charge < -0.3 is 20.7 Å². The molecule has 0 fully saturated rings. The van der Waals surface area contributed by atoms with Crippen molar-refractivity contribution >= 4 is 5.97 Å². The second-order valence-electron chi connectivity index (χ2n) is 1.78. The number of aliphatic hydroxyl groups excluding tert-OH is 1. The van der Waals surface area contributed by atoms with E-state index in [-0.39, 0.29) is 22.4 Å². The van der Waals surface area contributed by atoms with Gasteiger partial charge in [0.2, 0.25) is 0 Å². The third kappa shape index (κ3) is 25.4. The number of carboxylic acids is 1. The molecule has 0 aliphatic rings. The average Bonchev–Trinajstić information content (AvgIpc) is 1.89. The van der Waals surface area contributed by atoms with Crippen LogP contribution in [0, 0.1) is 0 Å². The van der Waals surface area contributed by atoms with Crippen LogP contribution in [0.2, 0.25) is 0 Å². The van der Waals surface area contributed by atoms with Gasteiger partial charge in [-0.15, -0.1) is 0 Å². The third-order valence-electron chi connectivity index (χ3n) is 0.630. The first kappa shape index (κ1) is 17.3. The van der Waals surface area contributed by atoms with Gasteiger partial charge in [0.15, 0.2) is 0 Å². The summed E-state index contributed by atoms with van der Waals surface area (Å²) in [5, 5.41) is 17.3. The van der Waals surface area contributed by atoms with Crippen LogP contribution in [0.1, 0.15) is 20.3 Å². The third-order valence-corrected chi connectivity index (χ3v) is 0.630. The number of aliphatic hydroxyl groups is 1. The molecule has 72 valence electrons. The van der Waals surface area contributed by atoms with Crippen LogP contribution >= 0.6 is 0 Å². The zero-order valence-electron chi connectivity index (χ0n) is 6.63. The topological polar surface area (TPSA) is 86.4 Å². The van der Waals surface area contributed by atoms with E-state index in [1.54, 1.807) is 0 Å². The minimum Gasteiger partial charge on any atom is -0.547 e. The van der Waals surface area contributed by atoms with Gasteiger partial charge >= 0.3 is 22.4 Å². The minimum atomic E-state index is -1.44. The van der Waals surface area contributed by atoms with Crippen LogP contribution < -0.4 is 10.8 Å². The van der Waals surface area contributed by atoms with Crippen molar-refractivity contribution in [2.75, 3.05) is 6.54 Å². The number of nitrogens with two attached hydrogens (primary N) is 1. The summed E-state index contributed by atoms with van der Waals surface area (Å²) in [7, 11) is 0. The summed E-state index contributed by atoms with van der Waals surface area (Å²) in [5.74, 6) is -1.44. The molecular formula is C6H14AgNO3. The number of hydrogen-bond acceptors (Lipinski definition) is 4. The maximum absolute atomic E-state index is 9.34. The van der Waals surface area contributed by atoms with Gasteiger partial charge in [0.05, 0.1) is 12.1 Å². The molecule has 1 unspecified atom stereocenters. The Morgan fingerprint density at radius 3 is 1.91 bits per heavy atom. The fraction of sp³-hybridized carbons (Fsp3) is 0.833. The molecule has 0 amide bonds. The largest absolute Gasteiger partial charge is 1.00 e. The average molecular weight is 256 g/mol. The van der Waals surface area contributed by atoms with Crippen molar-refractivity contribution in [2.24, 2.45) is 5.73 Å². The molecule has 1 atom stereocenters. The van der Waals surface area contributed by atoms with Gasteiger partial charge in [-0.05, 0) is 19.9 Å². The fourth-order valence-electron chi connectivity index (χ4n) is 0. The first-order chi connectivity index (χ1) is 4.56. The zero-order chi connectivity index (χ0) is 8.57. The molecule has 0 saturated carbocycles. The summed E-state index contributed by atoms with van der Waals surface area (Å²) in [4.78, 5) is 9.34. The van der Waals surface area contributed by atoms with Crippen molar-refractivity contribution < 1.29 is 37.4 Å². The second-order valence-corrected chi connectivity index (χ2v) is 1.78. The Bertz CT molecular complexity index is 85.9. The van der Waals surface area contributed by atoms with Crippen molar-refractivity contribution in [1.82, 2.24) is 0 Å². The van der Waals surface area contributed by atoms with E-state index in [1.165, 1.54) is 0 Å². The molecule has 0 radical (unpaired) electrons. The molecule has 0 aliphatic carbocycles. The Morgan fingerprint density at radius 1 is 1.73 bits per heavy atom. The molecule has 0 aromatic rings. The van der Waals surface area contributed by atoms with Crippen LogP contribution in [0.5, 0.6) is 0 Å². The summed E-state index contributed by atoms with van der Waals surface area (Å²) in [5.41, 5.74) is 5.03. The summed E-state index contributed by atoms with van der Waals surface area (Å²) < 4.78 is 0. The molecule has 0 saturated heterocycles. The van der Waals surface area contributed by atoms with Gasteiger partial charge in [0.25, 0.3) is 0 Å². The van der Waals surface area contributed by atoms with Crippen molar-refractivity contribution in [3.05, 3.63) is 0 Å². The SMILES string of the molecule is CC(O)C(=O)[O-].CCCN.[Ag+]. The minimum absolute atomic E-state index is 0.